The molecule has 2 aliphatic heterocycles. The van der Waals surface area contributed by atoms with Crippen molar-refractivity contribution in [3.63, 3.8) is 0 Å². The molecule has 0 aromatic heterocycles. The third-order valence-corrected chi connectivity index (χ3v) is 2.24. The van der Waals surface area contributed by atoms with Gasteiger partial charge in [0.2, 0.25) is 0 Å². The van der Waals surface area contributed by atoms with Crippen LogP contribution in [0.4, 0.5) is 0 Å². The largest absolute Gasteiger partial charge is 0.465 e. The van der Waals surface area contributed by atoms with Crippen LogP contribution in [-0.2, 0) is 19.1 Å². The van der Waals surface area contributed by atoms with Crippen LogP contribution in [0.2, 0.25) is 0 Å². The smallest absolute Gasteiger partial charge is 0.308 e. The number of rotatable bonds is 0. The summed E-state index contributed by atoms with van der Waals surface area (Å²) in [6, 6.07) is 0. The maximum absolute atomic E-state index is 10.4. The third-order valence-electron chi connectivity index (χ3n) is 2.24. The molecular weight excluding hydrogens is 184 g/mol. The molecule has 2 heterocycles. The van der Waals surface area contributed by atoms with Crippen LogP contribution in [0.3, 0.4) is 0 Å². The van der Waals surface area contributed by atoms with E-state index in [4.69, 9.17) is 0 Å². The van der Waals surface area contributed by atoms with E-state index in [2.05, 4.69) is 9.47 Å². The maximum atomic E-state index is 10.4. The Bertz CT molecular complexity index is 224. The molecular formula is C10H16O4. The third kappa shape index (κ3) is 3.36. The quantitative estimate of drug-likeness (QED) is 0.550. The summed E-state index contributed by atoms with van der Waals surface area (Å²) in [7, 11) is 0. The molecule has 2 rings (SSSR count). The Kier molecular flexibility index (Phi) is 3.92. The first kappa shape index (κ1) is 11.0. The zero-order valence-corrected chi connectivity index (χ0v) is 8.62. The number of cyclic esters (lactones) is 2. The number of ether oxygens (including phenoxy) is 2. The van der Waals surface area contributed by atoms with E-state index in [0.29, 0.717) is 25.6 Å². The average molecular weight is 200 g/mol. The highest BCUT2D eigenvalue weighted by Crippen LogP contribution is 2.11. The van der Waals surface area contributed by atoms with E-state index in [1.807, 2.05) is 13.8 Å². The molecule has 0 aromatic rings. The lowest BCUT2D eigenvalue weighted by Crippen LogP contribution is -2.00. The summed E-state index contributed by atoms with van der Waals surface area (Å²) in [6.07, 6.45) is 1.51. The number of carbonyl (C=O) groups is 2. The summed E-state index contributed by atoms with van der Waals surface area (Å²) in [5.41, 5.74) is 0. The molecule has 0 N–H and O–H groups in total. The van der Waals surface area contributed by atoms with Gasteiger partial charge in [-0.05, 0) is 6.42 Å². The molecule has 0 spiro atoms. The van der Waals surface area contributed by atoms with Crippen molar-refractivity contribution >= 4 is 11.9 Å². The van der Waals surface area contributed by atoms with Crippen LogP contribution in [0.1, 0.15) is 26.7 Å². The van der Waals surface area contributed by atoms with E-state index < -0.39 is 0 Å². The zero-order valence-electron chi connectivity index (χ0n) is 8.62. The Hall–Kier alpha value is -1.06. The summed E-state index contributed by atoms with van der Waals surface area (Å²) in [5, 5.41) is 0. The molecule has 0 saturated carbocycles. The molecule has 4 nitrogen and oxygen atoms in total. The van der Waals surface area contributed by atoms with E-state index in [9.17, 15) is 9.59 Å². The van der Waals surface area contributed by atoms with Gasteiger partial charge in [-0.25, -0.2) is 0 Å². The fraction of sp³-hybridized carbons (Fsp3) is 0.800. The van der Waals surface area contributed by atoms with Gasteiger partial charge in [-0.1, -0.05) is 13.8 Å². The van der Waals surface area contributed by atoms with Crippen LogP contribution in [-0.4, -0.2) is 25.2 Å². The van der Waals surface area contributed by atoms with Gasteiger partial charge in [0, 0.05) is 5.92 Å². The first-order chi connectivity index (χ1) is 6.59. The first-order valence-corrected chi connectivity index (χ1v) is 4.92. The molecule has 2 fully saturated rings. The van der Waals surface area contributed by atoms with E-state index in [0.717, 1.165) is 6.42 Å². The maximum Gasteiger partial charge on any atom is 0.308 e. The number of hydrogen-bond acceptors (Lipinski definition) is 4. The Morgan fingerprint density at radius 1 is 1.21 bits per heavy atom. The Morgan fingerprint density at radius 3 is 2.07 bits per heavy atom. The first-order valence-electron chi connectivity index (χ1n) is 4.92. The highest BCUT2D eigenvalue weighted by molar-refractivity contribution is 5.73. The van der Waals surface area contributed by atoms with Crippen molar-refractivity contribution in [2.45, 2.75) is 26.7 Å². The molecule has 4 heteroatoms. The van der Waals surface area contributed by atoms with Crippen molar-refractivity contribution in [2.75, 3.05) is 13.2 Å². The predicted octanol–water partition coefficient (Wildman–Crippen LogP) is 1.14. The van der Waals surface area contributed by atoms with Gasteiger partial charge in [0.1, 0.15) is 0 Å². The van der Waals surface area contributed by atoms with Gasteiger partial charge in [0.25, 0.3) is 0 Å². The Labute approximate surface area is 83.6 Å². The van der Waals surface area contributed by atoms with Gasteiger partial charge in [-0.15, -0.1) is 0 Å². The van der Waals surface area contributed by atoms with Crippen molar-refractivity contribution in [1.29, 1.82) is 0 Å². The molecule has 2 atom stereocenters. The molecule has 2 saturated heterocycles. The van der Waals surface area contributed by atoms with E-state index in [1.165, 1.54) is 0 Å². The fourth-order valence-corrected chi connectivity index (χ4v) is 1.23. The highest BCUT2D eigenvalue weighted by atomic mass is 16.5. The van der Waals surface area contributed by atoms with Crippen molar-refractivity contribution < 1.29 is 19.1 Å². The van der Waals surface area contributed by atoms with E-state index >= 15 is 0 Å². The molecule has 0 unspecified atom stereocenters. The monoisotopic (exact) mass is 200 g/mol. The van der Waals surface area contributed by atoms with Gasteiger partial charge in [-0.3, -0.25) is 9.59 Å². The van der Waals surface area contributed by atoms with Gasteiger partial charge >= 0.3 is 11.9 Å². The summed E-state index contributed by atoms with van der Waals surface area (Å²) in [5.74, 6) is 0.514. The summed E-state index contributed by atoms with van der Waals surface area (Å²) >= 11 is 0. The van der Waals surface area contributed by atoms with E-state index in [1.54, 1.807) is 0 Å². The fourth-order valence-electron chi connectivity index (χ4n) is 1.23. The van der Waals surface area contributed by atoms with Crippen LogP contribution in [0.5, 0.6) is 0 Å². The SMILES string of the molecule is C[C@H]1CCOC1=O.C[C@H]1COC(=O)C1. The lowest BCUT2D eigenvalue weighted by molar-refractivity contribution is -0.141. The Balaban J connectivity index is 0.000000140. The van der Waals surface area contributed by atoms with Crippen LogP contribution >= 0.6 is 0 Å². The summed E-state index contributed by atoms with van der Waals surface area (Å²) < 4.78 is 9.25. The Morgan fingerprint density at radius 2 is 1.93 bits per heavy atom. The second kappa shape index (κ2) is 4.98. The topological polar surface area (TPSA) is 52.6 Å². The lowest BCUT2D eigenvalue weighted by atomic mass is 10.2. The molecule has 0 aromatic carbocycles. The summed E-state index contributed by atoms with van der Waals surface area (Å²) in [4.78, 5) is 20.6. The second-order valence-corrected chi connectivity index (χ2v) is 3.85. The molecule has 14 heavy (non-hydrogen) atoms. The minimum atomic E-state index is -0.0486. The van der Waals surface area contributed by atoms with Crippen molar-refractivity contribution in [3.05, 3.63) is 0 Å². The van der Waals surface area contributed by atoms with Crippen molar-refractivity contribution in [1.82, 2.24) is 0 Å². The van der Waals surface area contributed by atoms with Crippen LogP contribution in [0.25, 0.3) is 0 Å². The van der Waals surface area contributed by atoms with Crippen LogP contribution in [0, 0.1) is 11.8 Å². The predicted molar refractivity (Wildman–Crippen MR) is 49.5 cm³/mol. The molecule has 0 amide bonds. The van der Waals surface area contributed by atoms with Crippen molar-refractivity contribution in [2.24, 2.45) is 11.8 Å². The minimum Gasteiger partial charge on any atom is -0.465 e. The van der Waals surface area contributed by atoms with Gasteiger partial charge in [-0.2, -0.15) is 0 Å². The van der Waals surface area contributed by atoms with Crippen molar-refractivity contribution in [3.8, 4) is 0 Å². The molecule has 80 valence electrons. The second-order valence-electron chi connectivity index (χ2n) is 3.85. The number of esters is 2. The minimum absolute atomic E-state index is 0.0417. The number of hydrogen-bond donors (Lipinski definition) is 0. The van der Waals surface area contributed by atoms with Crippen LogP contribution < -0.4 is 0 Å². The standard InChI is InChI=1S/2C5H8O2/c1-4-2-5(6)7-3-4;1-4-2-3-7-5(4)6/h2*4H,2-3H2,1H3/t2*4-/m10/s1. The summed E-state index contributed by atoms with van der Waals surface area (Å²) in [6.45, 7) is 5.14. The number of carbonyl (C=O) groups excluding carboxylic acids is 2. The molecule has 0 bridgehead atoms. The van der Waals surface area contributed by atoms with Crippen LogP contribution in [0.15, 0.2) is 0 Å². The van der Waals surface area contributed by atoms with Gasteiger partial charge < -0.3 is 9.47 Å². The average Bonchev–Trinajstić information content (AvgIpc) is 2.65. The highest BCUT2D eigenvalue weighted by Gasteiger charge is 2.20. The molecule has 0 radical (unpaired) electrons. The molecule has 0 aliphatic carbocycles. The molecule has 2 aliphatic rings. The van der Waals surface area contributed by atoms with Gasteiger partial charge in [0.15, 0.2) is 0 Å². The normalized spacial score (nSPS) is 30.4. The lowest BCUT2D eigenvalue weighted by Gasteiger charge is -1.88. The van der Waals surface area contributed by atoms with Gasteiger partial charge in [0.05, 0.1) is 25.6 Å². The van der Waals surface area contributed by atoms with E-state index in [-0.39, 0.29) is 17.9 Å². The zero-order chi connectivity index (χ0) is 10.6.